The molecule has 0 aromatic heterocycles. The summed E-state index contributed by atoms with van der Waals surface area (Å²) in [6.45, 7) is 2.70. The van der Waals surface area contributed by atoms with Gasteiger partial charge in [-0.1, -0.05) is 12.1 Å². The summed E-state index contributed by atoms with van der Waals surface area (Å²) in [5.41, 5.74) is 1.42. The Morgan fingerprint density at radius 2 is 2.06 bits per heavy atom. The Kier molecular flexibility index (Phi) is 3.35. The fraction of sp³-hybridized carbons (Fsp3) is 0.600. The maximum Gasteiger partial charge on any atom is 0.123 e. The monoisotopic (exact) mass is 249 g/mol. The molecular formula is C15H20FNO. The average molecular weight is 249 g/mol. The van der Waals surface area contributed by atoms with Gasteiger partial charge in [-0.05, 0) is 43.4 Å². The summed E-state index contributed by atoms with van der Waals surface area (Å²) < 4.78 is 18.5. The number of benzene rings is 1. The van der Waals surface area contributed by atoms with Gasteiger partial charge in [0.15, 0.2) is 0 Å². The van der Waals surface area contributed by atoms with E-state index in [9.17, 15) is 4.39 Å². The second kappa shape index (κ2) is 4.98. The molecule has 2 aliphatic rings. The molecule has 0 radical (unpaired) electrons. The van der Waals surface area contributed by atoms with E-state index < -0.39 is 0 Å². The first-order valence-electron chi connectivity index (χ1n) is 6.81. The lowest BCUT2D eigenvalue weighted by Gasteiger charge is -2.28. The summed E-state index contributed by atoms with van der Waals surface area (Å²) in [4.78, 5) is 0. The first kappa shape index (κ1) is 12.1. The summed E-state index contributed by atoms with van der Waals surface area (Å²) in [6.07, 6.45) is 4.71. The van der Waals surface area contributed by atoms with Crippen molar-refractivity contribution in [1.82, 2.24) is 5.32 Å². The molecule has 1 aliphatic carbocycles. The third kappa shape index (κ3) is 2.90. The van der Waals surface area contributed by atoms with E-state index in [1.54, 1.807) is 12.1 Å². The van der Waals surface area contributed by atoms with Gasteiger partial charge in [-0.15, -0.1) is 0 Å². The second-order valence-corrected chi connectivity index (χ2v) is 5.76. The van der Waals surface area contributed by atoms with Gasteiger partial charge in [0.05, 0.1) is 6.61 Å². The van der Waals surface area contributed by atoms with Crippen LogP contribution in [0.3, 0.4) is 0 Å². The minimum Gasteiger partial charge on any atom is -0.381 e. The third-order valence-corrected chi connectivity index (χ3v) is 4.02. The van der Waals surface area contributed by atoms with E-state index in [2.05, 4.69) is 5.32 Å². The molecule has 3 rings (SSSR count). The van der Waals surface area contributed by atoms with E-state index in [0.29, 0.717) is 0 Å². The summed E-state index contributed by atoms with van der Waals surface area (Å²) in [5.74, 6) is -0.161. The molecule has 3 heteroatoms. The fourth-order valence-electron chi connectivity index (χ4n) is 2.67. The zero-order valence-electron chi connectivity index (χ0n) is 10.6. The average Bonchev–Trinajstić information content (AvgIpc) is 3.10. The Hall–Kier alpha value is -0.930. The number of ether oxygens (including phenoxy) is 1. The maximum absolute atomic E-state index is 12.9. The highest BCUT2D eigenvalue weighted by atomic mass is 19.1. The predicted molar refractivity (Wildman–Crippen MR) is 69.0 cm³/mol. The van der Waals surface area contributed by atoms with E-state index in [-0.39, 0.29) is 11.2 Å². The van der Waals surface area contributed by atoms with E-state index >= 15 is 0 Å². The van der Waals surface area contributed by atoms with Crippen LogP contribution >= 0.6 is 0 Å². The van der Waals surface area contributed by atoms with Gasteiger partial charge in [-0.25, -0.2) is 4.39 Å². The first-order chi connectivity index (χ1) is 8.76. The van der Waals surface area contributed by atoms with Gasteiger partial charge in [-0.3, -0.25) is 0 Å². The van der Waals surface area contributed by atoms with Crippen molar-refractivity contribution in [3.05, 3.63) is 35.6 Å². The molecular weight excluding hydrogens is 229 g/mol. The lowest BCUT2D eigenvalue weighted by atomic mass is 9.81. The van der Waals surface area contributed by atoms with Crippen LogP contribution in [-0.4, -0.2) is 25.8 Å². The van der Waals surface area contributed by atoms with Crippen molar-refractivity contribution in [3.63, 3.8) is 0 Å². The van der Waals surface area contributed by atoms with Gasteiger partial charge >= 0.3 is 0 Å². The van der Waals surface area contributed by atoms with Crippen LogP contribution in [-0.2, 0) is 11.2 Å². The van der Waals surface area contributed by atoms with Gasteiger partial charge < -0.3 is 10.1 Å². The van der Waals surface area contributed by atoms with Crippen molar-refractivity contribution < 1.29 is 9.13 Å². The molecule has 1 saturated carbocycles. The molecule has 0 amide bonds. The summed E-state index contributed by atoms with van der Waals surface area (Å²) in [5, 5.41) is 3.62. The van der Waals surface area contributed by atoms with Crippen molar-refractivity contribution in [2.24, 2.45) is 5.41 Å². The SMILES string of the molecule is Fc1ccc(CC2(CNC3CC3)CCOC2)cc1. The molecule has 18 heavy (non-hydrogen) atoms. The van der Waals surface area contributed by atoms with Gasteiger partial charge in [0.25, 0.3) is 0 Å². The molecule has 1 aliphatic heterocycles. The largest absolute Gasteiger partial charge is 0.381 e. The molecule has 0 bridgehead atoms. The van der Waals surface area contributed by atoms with E-state index in [0.717, 1.165) is 38.6 Å². The zero-order valence-corrected chi connectivity index (χ0v) is 10.6. The molecule has 1 aromatic carbocycles. The summed E-state index contributed by atoms with van der Waals surface area (Å²) in [6, 6.07) is 7.62. The smallest absolute Gasteiger partial charge is 0.123 e. The highest BCUT2D eigenvalue weighted by molar-refractivity contribution is 5.18. The minimum absolute atomic E-state index is 0.161. The Morgan fingerprint density at radius 3 is 2.67 bits per heavy atom. The molecule has 1 aromatic rings. The van der Waals surface area contributed by atoms with E-state index in [1.807, 2.05) is 12.1 Å². The highest BCUT2D eigenvalue weighted by Crippen LogP contribution is 2.33. The highest BCUT2D eigenvalue weighted by Gasteiger charge is 2.36. The molecule has 0 spiro atoms. The van der Waals surface area contributed by atoms with Crippen molar-refractivity contribution >= 4 is 0 Å². The lowest BCUT2D eigenvalue weighted by molar-refractivity contribution is 0.149. The van der Waals surface area contributed by atoms with Gasteiger partial charge in [-0.2, -0.15) is 0 Å². The van der Waals surface area contributed by atoms with E-state index in [1.165, 1.54) is 18.4 Å². The van der Waals surface area contributed by atoms with E-state index in [4.69, 9.17) is 4.74 Å². The molecule has 1 atom stereocenters. The maximum atomic E-state index is 12.9. The molecule has 1 saturated heterocycles. The van der Waals surface area contributed by atoms with Crippen LogP contribution in [0.5, 0.6) is 0 Å². The molecule has 1 heterocycles. The van der Waals surface area contributed by atoms with Crippen LogP contribution in [0.4, 0.5) is 4.39 Å². The standard InChI is InChI=1S/C15H20FNO/c16-13-3-1-12(2-4-13)9-15(7-8-18-11-15)10-17-14-5-6-14/h1-4,14,17H,5-11H2. The Bertz CT molecular complexity index is 393. The van der Waals surface area contributed by atoms with Crippen molar-refractivity contribution in [2.45, 2.75) is 31.7 Å². The third-order valence-electron chi connectivity index (χ3n) is 4.02. The van der Waals surface area contributed by atoms with Crippen molar-refractivity contribution in [1.29, 1.82) is 0 Å². The number of halogens is 1. The zero-order chi connectivity index (χ0) is 12.4. The van der Waals surface area contributed by atoms with Crippen LogP contribution in [0, 0.1) is 11.2 Å². The number of rotatable bonds is 5. The molecule has 2 nitrogen and oxygen atoms in total. The fourth-order valence-corrected chi connectivity index (χ4v) is 2.67. The van der Waals surface area contributed by atoms with Crippen LogP contribution in [0.1, 0.15) is 24.8 Å². The quantitative estimate of drug-likeness (QED) is 0.866. The predicted octanol–water partition coefficient (Wildman–Crippen LogP) is 2.53. The topological polar surface area (TPSA) is 21.3 Å². The van der Waals surface area contributed by atoms with Crippen LogP contribution in [0.2, 0.25) is 0 Å². The Labute approximate surface area is 108 Å². The Morgan fingerprint density at radius 1 is 1.28 bits per heavy atom. The van der Waals surface area contributed by atoms with Crippen LogP contribution < -0.4 is 5.32 Å². The number of hydrogen-bond acceptors (Lipinski definition) is 2. The number of nitrogens with one attached hydrogen (secondary N) is 1. The summed E-state index contributed by atoms with van der Waals surface area (Å²) in [7, 11) is 0. The number of hydrogen-bond donors (Lipinski definition) is 1. The molecule has 1 N–H and O–H groups in total. The normalized spacial score (nSPS) is 27.6. The first-order valence-corrected chi connectivity index (χ1v) is 6.81. The summed E-state index contributed by atoms with van der Waals surface area (Å²) >= 11 is 0. The lowest BCUT2D eigenvalue weighted by Crippen LogP contribution is -2.37. The molecule has 1 unspecified atom stereocenters. The van der Waals surface area contributed by atoms with Gasteiger partial charge in [0.1, 0.15) is 5.82 Å². The molecule has 98 valence electrons. The van der Waals surface area contributed by atoms with Crippen LogP contribution in [0.15, 0.2) is 24.3 Å². The second-order valence-electron chi connectivity index (χ2n) is 5.76. The van der Waals surface area contributed by atoms with Crippen molar-refractivity contribution in [3.8, 4) is 0 Å². The van der Waals surface area contributed by atoms with Gasteiger partial charge in [0.2, 0.25) is 0 Å². The molecule has 2 fully saturated rings. The minimum atomic E-state index is -0.161. The Balaban J connectivity index is 1.66. The van der Waals surface area contributed by atoms with Crippen LogP contribution in [0.25, 0.3) is 0 Å². The van der Waals surface area contributed by atoms with Crippen molar-refractivity contribution in [2.75, 3.05) is 19.8 Å². The van der Waals surface area contributed by atoms with Gasteiger partial charge in [0, 0.05) is 24.6 Å².